The molecule has 0 amide bonds. The lowest BCUT2D eigenvalue weighted by Gasteiger charge is -2.25. The molecule has 2 heterocycles. The van der Waals surface area contributed by atoms with Gasteiger partial charge in [-0.2, -0.15) is 0 Å². The molecule has 2 nitrogen and oxygen atoms in total. The number of aliphatic imine (C=N–C) groups is 1. The van der Waals surface area contributed by atoms with Crippen molar-refractivity contribution in [2.45, 2.75) is 45.7 Å². The van der Waals surface area contributed by atoms with Gasteiger partial charge in [0.25, 0.3) is 0 Å². The van der Waals surface area contributed by atoms with E-state index in [0.717, 1.165) is 17.5 Å². The Kier molecular flexibility index (Phi) is 4.15. The molecular weight excluding hydrogens is 248 g/mol. The SMILES string of the molecule is CCC1(CC)CSC(=NCc2ccc(C)s2)N1. The lowest BCUT2D eigenvalue weighted by Crippen LogP contribution is -2.42. The molecule has 0 bridgehead atoms. The van der Waals surface area contributed by atoms with Crippen LogP contribution in [-0.4, -0.2) is 16.5 Å². The molecule has 1 N–H and O–H groups in total. The number of rotatable bonds is 4. The van der Waals surface area contributed by atoms with Gasteiger partial charge < -0.3 is 5.32 Å². The molecule has 17 heavy (non-hydrogen) atoms. The Bertz CT molecular complexity index is 405. The number of aryl methyl sites for hydroxylation is 1. The van der Waals surface area contributed by atoms with Crippen molar-refractivity contribution >= 4 is 28.3 Å². The summed E-state index contributed by atoms with van der Waals surface area (Å²) in [5, 5.41) is 4.72. The predicted octanol–water partition coefficient (Wildman–Crippen LogP) is 3.81. The molecule has 4 heteroatoms. The highest BCUT2D eigenvalue weighted by atomic mass is 32.2. The fraction of sp³-hybridized carbons (Fsp3) is 0.615. The van der Waals surface area contributed by atoms with E-state index in [0.29, 0.717) is 0 Å². The first-order valence-corrected chi connectivity index (χ1v) is 7.98. The summed E-state index contributed by atoms with van der Waals surface area (Å²) in [4.78, 5) is 7.39. The molecule has 0 radical (unpaired) electrons. The Morgan fingerprint density at radius 1 is 1.35 bits per heavy atom. The molecule has 2 rings (SSSR count). The molecule has 0 atom stereocenters. The van der Waals surface area contributed by atoms with Crippen LogP contribution in [-0.2, 0) is 6.54 Å². The average molecular weight is 268 g/mol. The van der Waals surface area contributed by atoms with Crippen molar-refractivity contribution in [1.82, 2.24) is 5.32 Å². The van der Waals surface area contributed by atoms with Crippen LogP contribution < -0.4 is 5.32 Å². The van der Waals surface area contributed by atoms with E-state index >= 15 is 0 Å². The van der Waals surface area contributed by atoms with Gasteiger partial charge in [-0.15, -0.1) is 11.3 Å². The zero-order chi connectivity index (χ0) is 12.3. The van der Waals surface area contributed by atoms with Crippen molar-refractivity contribution in [1.29, 1.82) is 0 Å². The summed E-state index contributed by atoms with van der Waals surface area (Å²) in [6.07, 6.45) is 2.35. The van der Waals surface area contributed by atoms with Crippen LogP contribution in [0.4, 0.5) is 0 Å². The molecule has 1 aliphatic rings. The fourth-order valence-electron chi connectivity index (χ4n) is 1.94. The summed E-state index contributed by atoms with van der Waals surface area (Å²) in [6.45, 7) is 7.46. The standard InChI is InChI=1S/C13H20N2S2/c1-4-13(5-2)9-16-12(15-13)14-8-11-7-6-10(3)17-11/h6-7H,4-5,8-9H2,1-3H3,(H,14,15). The van der Waals surface area contributed by atoms with E-state index < -0.39 is 0 Å². The van der Waals surface area contributed by atoms with Crippen molar-refractivity contribution in [2.75, 3.05) is 5.75 Å². The smallest absolute Gasteiger partial charge is 0.157 e. The lowest BCUT2D eigenvalue weighted by atomic mass is 9.96. The molecule has 1 aromatic heterocycles. The highest BCUT2D eigenvalue weighted by molar-refractivity contribution is 8.14. The van der Waals surface area contributed by atoms with Crippen LogP contribution in [0.1, 0.15) is 36.4 Å². The van der Waals surface area contributed by atoms with Crippen molar-refractivity contribution < 1.29 is 0 Å². The normalized spacial score (nSPS) is 20.8. The Labute approximate surface area is 112 Å². The zero-order valence-electron chi connectivity index (χ0n) is 10.7. The molecular formula is C13H20N2S2. The van der Waals surface area contributed by atoms with Gasteiger partial charge in [0.15, 0.2) is 5.17 Å². The van der Waals surface area contributed by atoms with Gasteiger partial charge in [-0.1, -0.05) is 25.6 Å². The predicted molar refractivity (Wildman–Crippen MR) is 79.1 cm³/mol. The van der Waals surface area contributed by atoms with Crippen LogP contribution in [0.3, 0.4) is 0 Å². The maximum absolute atomic E-state index is 4.68. The summed E-state index contributed by atoms with van der Waals surface area (Å²) in [7, 11) is 0. The van der Waals surface area contributed by atoms with E-state index in [9.17, 15) is 0 Å². The van der Waals surface area contributed by atoms with E-state index in [4.69, 9.17) is 0 Å². The van der Waals surface area contributed by atoms with Crippen molar-refractivity contribution in [3.63, 3.8) is 0 Å². The summed E-state index contributed by atoms with van der Waals surface area (Å²) in [5.41, 5.74) is 0.287. The maximum Gasteiger partial charge on any atom is 0.157 e. The highest BCUT2D eigenvalue weighted by Gasteiger charge is 2.33. The Hall–Kier alpha value is -0.480. The van der Waals surface area contributed by atoms with Crippen LogP contribution in [0.15, 0.2) is 17.1 Å². The zero-order valence-corrected chi connectivity index (χ0v) is 12.4. The molecule has 0 saturated carbocycles. The third-order valence-electron chi connectivity index (χ3n) is 3.39. The fourth-order valence-corrected chi connectivity index (χ4v) is 4.09. The summed E-state index contributed by atoms with van der Waals surface area (Å²) in [5.74, 6) is 1.16. The van der Waals surface area contributed by atoms with Gasteiger partial charge in [0.05, 0.1) is 6.54 Å². The topological polar surface area (TPSA) is 24.4 Å². The van der Waals surface area contributed by atoms with Gasteiger partial charge in [0, 0.05) is 21.0 Å². The third kappa shape index (κ3) is 3.05. The molecule has 1 fully saturated rings. The monoisotopic (exact) mass is 268 g/mol. The van der Waals surface area contributed by atoms with Crippen molar-refractivity contribution in [3.05, 3.63) is 21.9 Å². The second-order valence-corrected chi connectivity index (χ2v) is 6.87. The van der Waals surface area contributed by atoms with Crippen LogP contribution in [0, 0.1) is 6.92 Å². The van der Waals surface area contributed by atoms with Crippen LogP contribution in [0.2, 0.25) is 0 Å². The summed E-state index contributed by atoms with van der Waals surface area (Å²) < 4.78 is 0. The molecule has 0 aromatic carbocycles. The Balaban J connectivity index is 1.96. The number of hydrogen-bond acceptors (Lipinski definition) is 3. The van der Waals surface area contributed by atoms with Gasteiger partial charge in [-0.3, -0.25) is 4.99 Å². The summed E-state index contributed by atoms with van der Waals surface area (Å²) >= 11 is 3.71. The number of nitrogens with one attached hydrogen (secondary N) is 1. The minimum absolute atomic E-state index is 0.287. The quantitative estimate of drug-likeness (QED) is 0.898. The Morgan fingerprint density at radius 2 is 2.12 bits per heavy atom. The van der Waals surface area contributed by atoms with Crippen LogP contribution in [0.25, 0.3) is 0 Å². The van der Waals surface area contributed by atoms with E-state index in [-0.39, 0.29) is 5.54 Å². The molecule has 1 aromatic rings. The minimum Gasteiger partial charge on any atom is -0.359 e. The van der Waals surface area contributed by atoms with Crippen molar-refractivity contribution in [3.8, 4) is 0 Å². The molecule has 1 aliphatic heterocycles. The van der Waals surface area contributed by atoms with E-state index in [2.05, 4.69) is 43.2 Å². The van der Waals surface area contributed by atoms with Crippen LogP contribution in [0.5, 0.6) is 0 Å². The first-order chi connectivity index (χ1) is 8.17. The Morgan fingerprint density at radius 3 is 2.65 bits per heavy atom. The van der Waals surface area contributed by atoms with Gasteiger partial charge in [-0.05, 0) is 31.9 Å². The number of thioether (sulfide) groups is 1. The molecule has 0 unspecified atom stereocenters. The molecule has 0 spiro atoms. The van der Waals surface area contributed by atoms with Gasteiger partial charge in [-0.25, -0.2) is 0 Å². The van der Waals surface area contributed by atoms with Gasteiger partial charge in [0.2, 0.25) is 0 Å². The summed E-state index contributed by atoms with van der Waals surface area (Å²) in [6, 6.07) is 4.34. The minimum atomic E-state index is 0.287. The second-order valence-electron chi connectivity index (χ2n) is 4.53. The maximum atomic E-state index is 4.68. The average Bonchev–Trinajstić information content (AvgIpc) is 2.93. The molecule has 1 saturated heterocycles. The number of nitrogens with zero attached hydrogens (tertiary/aromatic N) is 1. The van der Waals surface area contributed by atoms with Crippen LogP contribution >= 0.6 is 23.1 Å². The van der Waals surface area contributed by atoms with E-state index in [1.807, 2.05) is 23.1 Å². The van der Waals surface area contributed by atoms with Gasteiger partial charge in [0.1, 0.15) is 0 Å². The first kappa shape index (κ1) is 13.0. The van der Waals surface area contributed by atoms with Crippen molar-refractivity contribution in [2.24, 2.45) is 4.99 Å². The second kappa shape index (κ2) is 5.44. The van der Waals surface area contributed by atoms with Gasteiger partial charge >= 0.3 is 0 Å². The number of amidine groups is 1. The molecule has 94 valence electrons. The van der Waals surface area contributed by atoms with E-state index in [1.54, 1.807) is 0 Å². The van der Waals surface area contributed by atoms with E-state index in [1.165, 1.54) is 22.6 Å². The first-order valence-electron chi connectivity index (χ1n) is 6.18. The third-order valence-corrected chi connectivity index (χ3v) is 5.57. The highest BCUT2D eigenvalue weighted by Crippen LogP contribution is 2.29. The largest absolute Gasteiger partial charge is 0.359 e. The lowest BCUT2D eigenvalue weighted by molar-refractivity contribution is 0.407. The molecule has 0 aliphatic carbocycles. The number of thiophene rings is 1. The number of hydrogen-bond donors (Lipinski definition) is 1.